The van der Waals surface area contributed by atoms with Gasteiger partial charge in [0, 0.05) is 12.3 Å². The molecule has 0 spiro atoms. The van der Waals surface area contributed by atoms with Gasteiger partial charge in [-0.05, 0) is 67.6 Å². The number of anilines is 1. The van der Waals surface area contributed by atoms with Gasteiger partial charge in [0.25, 0.3) is 0 Å². The van der Waals surface area contributed by atoms with E-state index in [0.29, 0.717) is 22.9 Å². The molecule has 1 N–H and O–H groups in total. The summed E-state index contributed by atoms with van der Waals surface area (Å²) in [7, 11) is 1.31. The molecule has 0 saturated heterocycles. The number of nitrogens with zero attached hydrogens (tertiary/aromatic N) is 1. The molecule has 0 bridgehead atoms. The minimum atomic E-state index is -0.505. The number of pyridine rings is 1. The van der Waals surface area contributed by atoms with E-state index in [1.54, 1.807) is 42.6 Å². The Hall–Kier alpha value is -3.87. The molecule has 0 atom stereocenters. The van der Waals surface area contributed by atoms with Crippen molar-refractivity contribution in [2.24, 2.45) is 0 Å². The van der Waals surface area contributed by atoms with Gasteiger partial charge >= 0.3 is 5.97 Å². The van der Waals surface area contributed by atoms with Crippen LogP contribution in [0.3, 0.4) is 0 Å². The molecule has 212 valence electrons. The van der Waals surface area contributed by atoms with Crippen molar-refractivity contribution >= 4 is 17.6 Å². The van der Waals surface area contributed by atoms with Gasteiger partial charge in [0.1, 0.15) is 11.5 Å². The monoisotopic (exact) mass is 544 g/mol. The maximum atomic E-state index is 12.6. The maximum Gasteiger partial charge on any atom is 0.339 e. The first-order valence-electron chi connectivity index (χ1n) is 14.5. The van der Waals surface area contributed by atoms with Crippen LogP contribution in [0.15, 0.2) is 66.9 Å². The third-order valence-electron chi connectivity index (χ3n) is 7.17. The van der Waals surface area contributed by atoms with Crippen molar-refractivity contribution in [3.05, 3.63) is 78.0 Å². The molecule has 4 rings (SSSR count). The second kappa shape index (κ2) is 15.7. The van der Waals surface area contributed by atoms with Crippen molar-refractivity contribution in [2.75, 3.05) is 12.4 Å². The molecule has 0 aliphatic heterocycles. The molecule has 3 aromatic rings. The quantitative estimate of drug-likeness (QED) is 0.290. The highest BCUT2D eigenvalue weighted by Crippen LogP contribution is 2.26. The predicted molar refractivity (Wildman–Crippen MR) is 156 cm³/mol. The number of hydrogen-bond acceptors (Lipinski definition) is 6. The van der Waals surface area contributed by atoms with Crippen molar-refractivity contribution in [3.63, 3.8) is 0 Å². The lowest BCUT2D eigenvalue weighted by atomic mass is 9.99. The van der Waals surface area contributed by atoms with E-state index in [-0.39, 0.29) is 18.4 Å². The van der Waals surface area contributed by atoms with E-state index in [4.69, 9.17) is 14.2 Å². The fraction of sp³-hybridized carbons (Fsp3) is 0.424. The van der Waals surface area contributed by atoms with Crippen LogP contribution in [0.25, 0.3) is 0 Å². The van der Waals surface area contributed by atoms with Crippen molar-refractivity contribution in [1.82, 2.24) is 4.98 Å². The minimum absolute atomic E-state index is 0.107. The Morgan fingerprint density at radius 3 is 2.05 bits per heavy atom. The first kappa shape index (κ1) is 29.1. The molecule has 1 saturated carbocycles. The highest BCUT2D eigenvalue weighted by Gasteiger charge is 2.14. The van der Waals surface area contributed by atoms with E-state index >= 15 is 0 Å². The minimum Gasteiger partial charge on any atom is -0.490 e. The fourth-order valence-corrected chi connectivity index (χ4v) is 4.98. The Kier molecular flexibility index (Phi) is 11.4. The molecule has 1 heterocycles. The van der Waals surface area contributed by atoms with Gasteiger partial charge in [0.05, 0.1) is 30.9 Å². The molecule has 2 aromatic carbocycles. The maximum absolute atomic E-state index is 12.6. The van der Waals surface area contributed by atoms with Gasteiger partial charge in [-0.25, -0.2) is 9.78 Å². The average molecular weight is 545 g/mol. The molecule has 1 aromatic heterocycles. The lowest BCUT2D eigenvalue weighted by Gasteiger charge is -2.20. The predicted octanol–water partition coefficient (Wildman–Crippen LogP) is 7.89. The Labute approximate surface area is 237 Å². The smallest absolute Gasteiger partial charge is 0.339 e. The number of hydrogen-bond donors (Lipinski definition) is 1. The van der Waals surface area contributed by atoms with Crippen LogP contribution in [0, 0.1) is 0 Å². The second-order valence-electron chi connectivity index (χ2n) is 10.3. The van der Waals surface area contributed by atoms with Crippen molar-refractivity contribution in [2.45, 2.75) is 83.2 Å². The molecule has 1 fully saturated rings. The van der Waals surface area contributed by atoms with Crippen LogP contribution in [0.5, 0.6) is 17.4 Å². The van der Waals surface area contributed by atoms with Crippen LogP contribution < -0.4 is 14.8 Å². The van der Waals surface area contributed by atoms with Crippen LogP contribution in [0.4, 0.5) is 5.69 Å². The molecule has 0 radical (unpaired) electrons. The SMILES string of the molecule is COC(=O)c1ccccc1NC(=O)Cc1ccc(Oc2ccc(OC3CCCCCCCCCCC3)cc2)nc1. The molecule has 1 aliphatic rings. The van der Waals surface area contributed by atoms with Gasteiger partial charge in [0.2, 0.25) is 11.8 Å². The third kappa shape index (κ3) is 9.40. The van der Waals surface area contributed by atoms with Crippen LogP contribution in [0.2, 0.25) is 0 Å². The Morgan fingerprint density at radius 2 is 1.43 bits per heavy atom. The van der Waals surface area contributed by atoms with Gasteiger partial charge < -0.3 is 19.5 Å². The summed E-state index contributed by atoms with van der Waals surface area (Å²) in [6, 6.07) is 18.0. The lowest BCUT2D eigenvalue weighted by molar-refractivity contribution is -0.115. The largest absolute Gasteiger partial charge is 0.490 e. The average Bonchev–Trinajstić information content (AvgIpc) is 2.96. The Morgan fingerprint density at radius 1 is 0.800 bits per heavy atom. The Balaban J connectivity index is 1.27. The first-order valence-corrected chi connectivity index (χ1v) is 14.5. The summed E-state index contributed by atoms with van der Waals surface area (Å²) < 4.78 is 17.0. The zero-order valence-electron chi connectivity index (χ0n) is 23.4. The van der Waals surface area contributed by atoms with Crippen molar-refractivity contribution in [1.29, 1.82) is 0 Å². The van der Waals surface area contributed by atoms with E-state index in [2.05, 4.69) is 10.3 Å². The summed E-state index contributed by atoms with van der Waals surface area (Å²) in [5.41, 5.74) is 1.44. The van der Waals surface area contributed by atoms with E-state index in [1.807, 2.05) is 24.3 Å². The summed E-state index contributed by atoms with van der Waals surface area (Å²) in [5, 5.41) is 2.77. The number of methoxy groups -OCH3 is 1. The highest BCUT2D eigenvalue weighted by molar-refractivity contribution is 6.01. The second-order valence-corrected chi connectivity index (χ2v) is 10.3. The van der Waals surface area contributed by atoms with E-state index in [9.17, 15) is 9.59 Å². The molecule has 7 nitrogen and oxygen atoms in total. The molecular formula is C33H40N2O5. The van der Waals surface area contributed by atoms with Crippen molar-refractivity contribution < 1.29 is 23.8 Å². The lowest BCUT2D eigenvalue weighted by Crippen LogP contribution is -2.17. The molecule has 1 aliphatic carbocycles. The van der Waals surface area contributed by atoms with E-state index in [0.717, 1.165) is 24.2 Å². The number of benzene rings is 2. The topological polar surface area (TPSA) is 86.8 Å². The third-order valence-corrected chi connectivity index (χ3v) is 7.17. The normalized spacial score (nSPS) is 15.2. The molecular weight excluding hydrogens is 504 g/mol. The van der Waals surface area contributed by atoms with Crippen molar-refractivity contribution in [3.8, 4) is 17.4 Å². The Bertz CT molecular complexity index is 1200. The van der Waals surface area contributed by atoms with Gasteiger partial charge in [-0.1, -0.05) is 63.1 Å². The van der Waals surface area contributed by atoms with Gasteiger partial charge in [-0.2, -0.15) is 0 Å². The summed E-state index contributed by atoms with van der Waals surface area (Å²) in [4.78, 5) is 28.8. The zero-order chi connectivity index (χ0) is 28.0. The van der Waals surface area contributed by atoms with E-state index < -0.39 is 5.97 Å². The van der Waals surface area contributed by atoms with Gasteiger partial charge in [-0.15, -0.1) is 0 Å². The number of amides is 1. The molecule has 40 heavy (non-hydrogen) atoms. The molecule has 1 amide bonds. The molecule has 7 heteroatoms. The number of aromatic nitrogens is 1. The van der Waals surface area contributed by atoms with Crippen LogP contribution in [-0.4, -0.2) is 30.1 Å². The number of para-hydroxylation sites is 1. The van der Waals surface area contributed by atoms with Gasteiger partial charge in [0.15, 0.2) is 0 Å². The number of carbonyl (C=O) groups excluding carboxylic acids is 2. The fourth-order valence-electron chi connectivity index (χ4n) is 4.98. The highest BCUT2D eigenvalue weighted by atomic mass is 16.5. The van der Waals surface area contributed by atoms with Gasteiger partial charge in [-0.3, -0.25) is 4.79 Å². The number of ether oxygens (including phenoxy) is 3. The summed E-state index contributed by atoms with van der Waals surface area (Å²) in [5.74, 6) is 1.21. The van der Waals surface area contributed by atoms with Crippen LogP contribution in [-0.2, 0) is 16.0 Å². The summed E-state index contributed by atoms with van der Waals surface area (Å²) in [6.45, 7) is 0. The standard InChI is InChI=1S/C33H40N2O5/c1-38-33(37)29-15-11-12-16-30(29)35-31(36)23-25-17-22-32(34-24-25)40-28-20-18-27(19-21-28)39-26-13-9-7-5-3-2-4-6-8-10-14-26/h11-12,15-22,24,26H,2-10,13-14,23H2,1H3,(H,35,36). The summed E-state index contributed by atoms with van der Waals surface area (Å²) in [6.07, 6.45) is 16.1. The van der Waals surface area contributed by atoms with Crippen LogP contribution >= 0.6 is 0 Å². The first-order chi connectivity index (χ1) is 19.6. The summed E-state index contributed by atoms with van der Waals surface area (Å²) >= 11 is 0. The number of nitrogens with one attached hydrogen (secondary N) is 1. The number of rotatable bonds is 8. The van der Waals surface area contributed by atoms with Crippen LogP contribution in [0.1, 0.15) is 86.6 Å². The number of esters is 1. The zero-order valence-corrected chi connectivity index (χ0v) is 23.4. The number of carbonyl (C=O) groups is 2. The molecule has 0 unspecified atom stereocenters. The van der Waals surface area contributed by atoms with E-state index in [1.165, 1.54) is 64.9 Å².